The lowest BCUT2D eigenvalue weighted by molar-refractivity contribution is 0.631. The lowest BCUT2D eigenvalue weighted by Gasteiger charge is -2.06. The Hall–Kier alpha value is -1.56. The van der Waals surface area contributed by atoms with Crippen LogP contribution in [0, 0.1) is 17.1 Å². The molecule has 2 aromatic rings. The Bertz CT molecular complexity index is 617. The van der Waals surface area contributed by atoms with Crippen molar-refractivity contribution < 1.29 is 4.39 Å². The molecule has 2 rings (SSSR count). The molecule has 0 aliphatic heterocycles. The number of nitriles is 1. The topological polar surface area (TPSA) is 23.8 Å². The Labute approximate surface area is 108 Å². The van der Waals surface area contributed by atoms with Crippen LogP contribution in [-0.2, 0) is 0 Å². The summed E-state index contributed by atoms with van der Waals surface area (Å²) in [5.41, 5.74) is 1.18. The Balaban J connectivity index is 2.68. The summed E-state index contributed by atoms with van der Waals surface area (Å²) in [7, 11) is 0. The molecule has 0 aromatic heterocycles. The van der Waals surface area contributed by atoms with E-state index in [1.54, 1.807) is 12.1 Å². The highest BCUT2D eigenvalue weighted by molar-refractivity contribution is 6.33. The van der Waals surface area contributed by atoms with Gasteiger partial charge in [-0.05, 0) is 36.4 Å². The summed E-state index contributed by atoms with van der Waals surface area (Å²) in [5.74, 6) is -0.425. The first-order valence-corrected chi connectivity index (χ1v) is 5.52. The Morgan fingerprint density at radius 2 is 1.76 bits per heavy atom. The second-order valence-corrected chi connectivity index (χ2v) is 4.27. The van der Waals surface area contributed by atoms with E-state index in [4.69, 9.17) is 28.5 Å². The third-order valence-corrected chi connectivity index (χ3v) is 2.88. The molecule has 0 amide bonds. The Morgan fingerprint density at radius 1 is 1.00 bits per heavy atom. The first-order chi connectivity index (χ1) is 8.11. The normalized spacial score (nSPS) is 10.0. The zero-order chi connectivity index (χ0) is 12.4. The second-order valence-electron chi connectivity index (χ2n) is 3.43. The van der Waals surface area contributed by atoms with E-state index in [0.717, 1.165) is 0 Å². The molecule has 0 fully saturated rings. The molecule has 0 atom stereocenters. The molecule has 0 heterocycles. The largest absolute Gasteiger partial charge is 0.206 e. The number of hydrogen-bond donors (Lipinski definition) is 0. The van der Waals surface area contributed by atoms with Crippen molar-refractivity contribution in [2.24, 2.45) is 0 Å². The highest BCUT2D eigenvalue weighted by Gasteiger charge is 2.10. The van der Waals surface area contributed by atoms with Crippen molar-refractivity contribution in [1.82, 2.24) is 0 Å². The molecule has 0 unspecified atom stereocenters. The van der Waals surface area contributed by atoms with Crippen LogP contribution in [0.2, 0.25) is 10.0 Å². The van der Waals surface area contributed by atoms with E-state index in [1.807, 2.05) is 6.07 Å². The summed E-state index contributed by atoms with van der Waals surface area (Å²) in [6.07, 6.45) is 0. The lowest BCUT2D eigenvalue weighted by Crippen LogP contribution is -1.87. The van der Waals surface area contributed by atoms with Crippen LogP contribution in [0.15, 0.2) is 36.4 Å². The predicted octanol–water partition coefficient (Wildman–Crippen LogP) is 4.67. The molecule has 1 nitrogen and oxygen atoms in total. The number of halogens is 3. The molecule has 0 saturated carbocycles. The third-order valence-electron chi connectivity index (χ3n) is 2.31. The molecule has 84 valence electrons. The molecule has 4 heteroatoms. The van der Waals surface area contributed by atoms with E-state index in [-0.39, 0.29) is 0 Å². The van der Waals surface area contributed by atoms with Gasteiger partial charge in [0.25, 0.3) is 0 Å². The van der Waals surface area contributed by atoms with Gasteiger partial charge in [0, 0.05) is 21.2 Å². The quantitative estimate of drug-likeness (QED) is 0.735. The van der Waals surface area contributed by atoms with Crippen molar-refractivity contribution >= 4 is 23.2 Å². The molecule has 0 bridgehead atoms. The summed E-state index contributed by atoms with van der Waals surface area (Å²) < 4.78 is 13.7. The van der Waals surface area contributed by atoms with E-state index in [2.05, 4.69) is 0 Å². The molecule has 0 spiro atoms. The summed E-state index contributed by atoms with van der Waals surface area (Å²) in [5, 5.41) is 9.61. The molecule has 0 saturated heterocycles. The van der Waals surface area contributed by atoms with Gasteiger partial charge in [0.15, 0.2) is 0 Å². The van der Waals surface area contributed by atoms with Crippen molar-refractivity contribution in [3.8, 4) is 17.2 Å². The van der Waals surface area contributed by atoms with Crippen molar-refractivity contribution in [2.45, 2.75) is 0 Å². The molecule has 0 aliphatic carbocycles. The number of nitrogens with zero attached hydrogens (tertiary/aromatic N) is 1. The summed E-state index contributed by atoms with van der Waals surface area (Å²) in [4.78, 5) is 0. The molecule has 0 aliphatic rings. The fraction of sp³-hybridized carbons (Fsp3) is 0. The average molecular weight is 266 g/mol. The zero-order valence-corrected chi connectivity index (χ0v) is 10.1. The minimum absolute atomic E-state index is 0.291. The number of rotatable bonds is 1. The van der Waals surface area contributed by atoms with E-state index in [1.165, 1.54) is 24.3 Å². The van der Waals surface area contributed by atoms with E-state index in [0.29, 0.717) is 26.7 Å². The van der Waals surface area contributed by atoms with E-state index < -0.39 is 5.82 Å². The fourth-order valence-corrected chi connectivity index (χ4v) is 1.90. The van der Waals surface area contributed by atoms with E-state index in [9.17, 15) is 4.39 Å². The summed E-state index contributed by atoms with van der Waals surface area (Å²) in [6.45, 7) is 0. The monoisotopic (exact) mass is 265 g/mol. The van der Waals surface area contributed by atoms with Gasteiger partial charge in [-0.2, -0.15) is 5.26 Å². The van der Waals surface area contributed by atoms with Gasteiger partial charge >= 0.3 is 0 Å². The first-order valence-electron chi connectivity index (χ1n) is 4.77. The molecule has 0 N–H and O–H groups in total. The van der Waals surface area contributed by atoms with Crippen LogP contribution >= 0.6 is 23.2 Å². The maximum atomic E-state index is 13.7. The molecule has 17 heavy (non-hydrogen) atoms. The van der Waals surface area contributed by atoms with Crippen molar-refractivity contribution in [3.63, 3.8) is 0 Å². The van der Waals surface area contributed by atoms with Crippen molar-refractivity contribution in [3.05, 3.63) is 57.8 Å². The van der Waals surface area contributed by atoms with E-state index >= 15 is 0 Å². The first kappa shape index (κ1) is 11.9. The van der Waals surface area contributed by atoms with Crippen LogP contribution in [0.3, 0.4) is 0 Å². The van der Waals surface area contributed by atoms with Crippen molar-refractivity contribution in [1.29, 1.82) is 5.26 Å². The highest BCUT2D eigenvalue weighted by atomic mass is 35.5. The maximum absolute atomic E-state index is 13.7. The number of benzene rings is 2. The maximum Gasteiger partial charge on any atom is 0.131 e. The fourth-order valence-electron chi connectivity index (χ4n) is 1.51. The van der Waals surface area contributed by atoms with Crippen molar-refractivity contribution in [2.75, 3.05) is 0 Å². The van der Waals surface area contributed by atoms with Gasteiger partial charge in [0.05, 0.1) is 11.6 Å². The standard InChI is InChI=1S/C13H6Cl2FN/c14-9-2-4-13(16)11(6-9)10-5-8(7-17)1-3-12(10)15/h1-6H. The van der Waals surface area contributed by atoms with Gasteiger partial charge in [0.2, 0.25) is 0 Å². The molecule has 0 radical (unpaired) electrons. The Morgan fingerprint density at radius 3 is 2.47 bits per heavy atom. The van der Waals surface area contributed by atoms with Gasteiger partial charge in [0.1, 0.15) is 5.82 Å². The zero-order valence-electron chi connectivity index (χ0n) is 8.55. The average Bonchev–Trinajstić information content (AvgIpc) is 2.33. The lowest BCUT2D eigenvalue weighted by atomic mass is 10.0. The predicted molar refractivity (Wildman–Crippen MR) is 66.6 cm³/mol. The van der Waals surface area contributed by atoms with Gasteiger partial charge in [-0.15, -0.1) is 0 Å². The smallest absolute Gasteiger partial charge is 0.131 e. The van der Waals surface area contributed by atoms with Crippen LogP contribution in [-0.4, -0.2) is 0 Å². The van der Waals surface area contributed by atoms with Gasteiger partial charge in [-0.25, -0.2) is 4.39 Å². The number of hydrogen-bond acceptors (Lipinski definition) is 1. The molecular formula is C13H6Cl2FN. The van der Waals surface area contributed by atoms with Crippen LogP contribution in [0.5, 0.6) is 0 Å². The minimum Gasteiger partial charge on any atom is -0.206 e. The second kappa shape index (κ2) is 4.75. The highest BCUT2D eigenvalue weighted by Crippen LogP contribution is 2.32. The van der Waals surface area contributed by atoms with Gasteiger partial charge < -0.3 is 0 Å². The summed E-state index contributed by atoms with van der Waals surface area (Å²) >= 11 is 11.8. The van der Waals surface area contributed by atoms with Gasteiger partial charge in [-0.3, -0.25) is 0 Å². The molecular weight excluding hydrogens is 260 g/mol. The molecule has 2 aromatic carbocycles. The van der Waals surface area contributed by atoms with Crippen LogP contribution in [0.1, 0.15) is 5.56 Å². The minimum atomic E-state index is -0.425. The van der Waals surface area contributed by atoms with Crippen LogP contribution in [0.4, 0.5) is 4.39 Å². The SMILES string of the molecule is N#Cc1ccc(Cl)c(-c2cc(Cl)ccc2F)c1. The third kappa shape index (κ3) is 2.41. The summed E-state index contributed by atoms with van der Waals surface area (Å²) in [6, 6.07) is 10.9. The Kier molecular flexibility index (Phi) is 3.33. The van der Waals surface area contributed by atoms with Crippen LogP contribution in [0.25, 0.3) is 11.1 Å². The van der Waals surface area contributed by atoms with Gasteiger partial charge in [-0.1, -0.05) is 23.2 Å². The van der Waals surface area contributed by atoms with Crippen LogP contribution < -0.4 is 0 Å².